The van der Waals surface area contributed by atoms with Gasteiger partial charge in [0.2, 0.25) is 0 Å². The number of benzene rings is 2. The number of rotatable bonds is 5. The van der Waals surface area contributed by atoms with Gasteiger partial charge in [-0.1, -0.05) is 43.5 Å². The van der Waals surface area contributed by atoms with Crippen LogP contribution in [0.25, 0.3) is 11.3 Å². The van der Waals surface area contributed by atoms with E-state index in [-0.39, 0.29) is 5.78 Å². The molecule has 4 rings (SSSR count). The molecule has 0 radical (unpaired) electrons. The molecule has 0 bridgehead atoms. The number of hydrogen-bond acceptors (Lipinski definition) is 4. The Kier molecular flexibility index (Phi) is 5.35. The Morgan fingerprint density at radius 1 is 1.00 bits per heavy atom. The molecule has 1 aliphatic carbocycles. The van der Waals surface area contributed by atoms with Crippen LogP contribution in [0.15, 0.2) is 53.9 Å². The summed E-state index contributed by atoms with van der Waals surface area (Å²) in [6.45, 7) is 1.58. The van der Waals surface area contributed by atoms with E-state index in [1.165, 1.54) is 37.7 Å². The van der Waals surface area contributed by atoms with Gasteiger partial charge in [-0.05, 0) is 55.5 Å². The Hall–Kier alpha value is -2.46. The number of nitrogens with zero attached hydrogens (tertiary/aromatic N) is 1. The average molecular weight is 377 g/mol. The van der Waals surface area contributed by atoms with Gasteiger partial charge >= 0.3 is 0 Å². The summed E-state index contributed by atoms with van der Waals surface area (Å²) in [5.41, 5.74) is 5.29. The Balaban J connectivity index is 1.44. The predicted molar refractivity (Wildman–Crippen MR) is 113 cm³/mol. The van der Waals surface area contributed by atoms with E-state index in [1.54, 1.807) is 18.3 Å². The summed E-state index contributed by atoms with van der Waals surface area (Å²) in [5, 5.41) is 6.26. The van der Waals surface area contributed by atoms with Crippen LogP contribution in [0.5, 0.6) is 0 Å². The largest absolute Gasteiger partial charge is 0.332 e. The third kappa shape index (κ3) is 4.28. The molecule has 1 aromatic heterocycles. The summed E-state index contributed by atoms with van der Waals surface area (Å²) in [6.07, 6.45) is 6.77. The van der Waals surface area contributed by atoms with Crippen molar-refractivity contribution in [1.82, 2.24) is 4.98 Å². The van der Waals surface area contributed by atoms with Gasteiger partial charge in [0.05, 0.1) is 5.69 Å². The zero-order valence-electron chi connectivity index (χ0n) is 15.6. The number of anilines is 2. The molecule has 138 valence electrons. The smallest absolute Gasteiger partial charge is 0.187 e. The van der Waals surface area contributed by atoms with Crippen LogP contribution in [-0.2, 0) is 0 Å². The lowest BCUT2D eigenvalue weighted by molar-refractivity contribution is 0.101. The van der Waals surface area contributed by atoms with Crippen LogP contribution in [0.3, 0.4) is 0 Å². The van der Waals surface area contributed by atoms with Crippen LogP contribution >= 0.6 is 11.3 Å². The summed E-state index contributed by atoms with van der Waals surface area (Å²) in [4.78, 5) is 16.1. The Labute approximate surface area is 164 Å². The van der Waals surface area contributed by atoms with Gasteiger partial charge in [-0.15, -0.1) is 11.3 Å². The quantitative estimate of drug-likeness (QED) is 0.498. The molecule has 0 atom stereocenters. The molecule has 1 heterocycles. The van der Waals surface area contributed by atoms with E-state index in [9.17, 15) is 4.79 Å². The minimum atomic E-state index is 0.0785. The van der Waals surface area contributed by atoms with Crippen molar-refractivity contribution in [2.24, 2.45) is 0 Å². The molecular formula is C23H24N2OS. The van der Waals surface area contributed by atoms with Crippen molar-refractivity contribution in [2.45, 2.75) is 44.9 Å². The molecule has 4 heteroatoms. The maximum Gasteiger partial charge on any atom is 0.187 e. The van der Waals surface area contributed by atoms with Crippen LogP contribution in [0.2, 0.25) is 0 Å². The molecule has 1 fully saturated rings. The highest BCUT2D eigenvalue weighted by Crippen LogP contribution is 2.34. The number of Topliss-reactive ketones (excluding diaryl/α,β-unsaturated/α-hetero) is 1. The third-order valence-electron chi connectivity index (χ3n) is 5.33. The molecule has 1 saturated carbocycles. The first-order valence-electron chi connectivity index (χ1n) is 9.63. The Morgan fingerprint density at radius 3 is 2.37 bits per heavy atom. The fourth-order valence-electron chi connectivity index (χ4n) is 3.74. The topological polar surface area (TPSA) is 42.0 Å². The van der Waals surface area contributed by atoms with E-state index in [2.05, 4.69) is 35.0 Å². The SMILES string of the molecule is CC(=O)c1ccc(Nc2nc(-c3ccc(C4CCCCC4)cc3)cs2)cc1. The van der Waals surface area contributed by atoms with E-state index in [0.717, 1.165) is 33.6 Å². The number of ketones is 1. The maximum absolute atomic E-state index is 11.4. The molecule has 0 aliphatic heterocycles. The lowest BCUT2D eigenvalue weighted by Crippen LogP contribution is -2.04. The molecule has 0 spiro atoms. The highest BCUT2D eigenvalue weighted by atomic mass is 32.1. The van der Waals surface area contributed by atoms with E-state index >= 15 is 0 Å². The summed E-state index contributed by atoms with van der Waals surface area (Å²) in [7, 11) is 0. The zero-order valence-corrected chi connectivity index (χ0v) is 16.4. The van der Waals surface area contributed by atoms with Crippen LogP contribution in [0.1, 0.15) is 60.9 Å². The Morgan fingerprint density at radius 2 is 1.70 bits per heavy atom. The fourth-order valence-corrected chi connectivity index (χ4v) is 4.48. The van der Waals surface area contributed by atoms with Crippen LogP contribution in [0.4, 0.5) is 10.8 Å². The molecule has 3 nitrogen and oxygen atoms in total. The van der Waals surface area contributed by atoms with Crippen LogP contribution in [0, 0.1) is 0 Å². The summed E-state index contributed by atoms with van der Waals surface area (Å²) in [5.74, 6) is 0.813. The molecule has 27 heavy (non-hydrogen) atoms. The van der Waals surface area contributed by atoms with Gasteiger partial charge in [-0.2, -0.15) is 0 Å². The number of aromatic nitrogens is 1. The molecule has 1 aliphatic rings. The summed E-state index contributed by atoms with van der Waals surface area (Å²) in [6, 6.07) is 16.4. The predicted octanol–water partition coefficient (Wildman–Crippen LogP) is 6.80. The monoisotopic (exact) mass is 376 g/mol. The van der Waals surface area contributed by atoms with Crippen molar-refractivity contribution < 1.29 is 4.79 Å². The lowest BCUT2D eigenvalue weighted by Gasteiger charge is -2.22. The number of hydrogen-bond donors (Lipinski definition) is 1. The first-order chi connectivity index (χ1) is 13.2. The number of carbonyl (C=O) groups excluding carboxylic acids is 1. The maximum atomic E-state index is 11.4. The van der Waals surface area contributed by atoms with Gasteiger partial charge in [-0.25, -0.2) is 4.98 Å². The van der Waals surface area contributed by atoms with Crippen LogP contribution < -0.4 is 5.32 Å². The highest BCUT2D eigenvalue weighted by Gasteiger charge is 2.15. The fraction of sp³-hybridized carbons (Fsp3) is 0.304. The molecule has 2 aromatic carbocycles. The van der Waals surface area contributed by atoms with Crippen molar-refractivity contribution in [1.29, 1.82) is 0 Å². The first kappa shape index (κ1) is 17.9. The van der Waals surface area contributed by atoms with E-state index in [0.29, 0.717) is 0 Å². The van der Waals surface area contributed by atoms with Gasteiger partial charge in [0.15, 0.2) is 10.9 Å². The van der Waals surface area contributed by atoms with E-state index in [1.807, 2.05) is 24.3 Å². The minimum Gasteiger partial charge on any atom is -0.332 e. The van der Waals surface area contributed by atoms with Crippen molar-refractivity contribution in [2.75, 3.05) is 5.32 Å². The Bertz CT molecular complexity index is 906. The number of carbonyl (C=O) groups is 1. The molecule has 0 unspecified atom stereocenters. The number of nitrogens with one attached hydrogen (secondary N) is 1. The van der Waals surface area contributed by atoms with E-state index in [4.69, 9.17) is 4.98 Å². The number of thiazole rings is 1. The third-order valence-corrected chi connectivity index (χ3v) is 6.09. The average Bonchev–Trinajstić information content (AvgIpc) is 3.18. The summed E-state index contributed by atoms with van der Waals surface area (Å²) < 4.78 is 0. The second-order valence-corrected chi connectivity index (χ2v) is 8.11. The minimum absolute atomic E-state index is 0.0785. The van der Waals surface area contributed by atoms with Gasteiger partial charge in [-0.3, -0.25) is 4.79 Å². The molecule has 3 aromatic rings. The molecule has 0 saturated heterocycles. The van der Waals surface area contributed by atoms with Gasteiger partial charge < -0.3 is 5.32 Å². The normalized spacial score (nSPS) is 14.9. The standard InChI is InChI=1S/C23H24N2OS/c1-16(26)17-11-13-21(14-12-17)24-23-25-22(15-27-23)20-9-7-19(8-10-20)18-5-3-2-4-6-18/h7-15,18H,2-6H2,1H3,(H,24,25). The zero-order chi connectivity index (χ0) is 18.6. The van der Waals surface area contributed by atoms with Gasteiger partial charge in [0.1, 0.15) is 0 Å². The van der Waals surface area contributed by atoms with Crippen molar-refractivity contribution in [3.8, 4) is 11.3 Å². The van der Waals surface area contributed by atoms with Crippen LogP contribution in [-0.4, -0.2) is 10.8 Å². The highest BCUT2D eigenvalue weighted by molar-refractivity contribution is 7.14. The second-order valence-electron chi connectivity index (χ2n) is 7.25. The van der Waals surface area contributed by atoms with Crippen molar-refractivity contribution >= 4 is 27.9 Å². The van der Waals surface area contributed by atoms with Crippen molar-refractivity contribution in [3.63, 3.8) is 0 Å². The first-order valence-corrected chi connectivity index (χ1v) is 10.5. The molecule has 1 N–H and O–H groups in total. The van der Waals surface area contributed by atoms with Gasteiger partial charge in [0.25, 0.3) is 0 Å². The molecule has 0 amide bonds. The van der Waals surface area contributed by atoms with Gasteiger partial charge in [0, 0.05) is 22.2 Å². The van der Waals surface area contributed by atoms with Crippen molar-refractivity contribution in [3.05, 3.63) is 65.0 Å². The lowest BCUT2D eigenvalue weighted by atomic mass is 9.84. The second kappa shape index (κ2) is 8.05. The molecular weight excluding hydrogens is 352 g/mol. The van der Waals surface area contributed by atoms with E-state index < -0.39 is 0 Å². The summed E-state index contributed by atoms with van der Waals surface area (Å²) >= 11 is 1.59.